The van der Waals surface area contributed by atoms with Crippen LogP contribution >= 0.6 is 0 Å². The molecule has 0 fully saturated rings. The molecule has 5 heteroatoms. The van der Waals surface area contributed by atoms with Crippen LogP contribution in [0.15, 0.2) is 0 Å². The monoisotopic (exact) mass is 273 g/mol. The number of carbonyl (C=O) groups excluding carboxylic acids is 1. The third-order valence-corrected chi connectivity index (χ3v) is 3.48. The Labute approximate surface area is 118 Å². The number of likely N-dealkylation sites (N-methyl/N-ethyl adjacent to an activating group) is 1. The lowest BCUT2D eigenvalue weighted by atomic mass is 10.2. The summed E-state index contributed by atoms with van der Waals surface area (Å²) in [5.74, 6) is 0.0577. The fourth-order valence-electron chi connectivity index (χ4n) is 1.66. The maximum atomic E-state index is 11.7. The summed E-state index contributed by atoms with van der Waals surface area (Å²) in [5, 5.41) is 6.14. The van der Waals surface area contributed by atoms with E-state index in [0.29, 0.717) is 19.2 Å². The van der Waals surface area contributed by atoms with E-state index in [9.17, 15) is 4.79 Å². The van der Waals surface area contributed by atoms with E-state index in [2.05, 4.69) is 36.4 Å². The van der Waals surface area contributed by atoms with E-state index in [1.165, 1.54) is 0 Å². The number of rotatable bonds is 11. The second kappa shape index (κ2) is 11.2. The predicted molar refractivity (Wildman–Crippen MR) is 79.4 cm³/mol. The first kappa shape index (κ1) is 18.4. The van der Waals surface area contributed by atoms with Gasteiger partial charge in [0, 0.05) is 39.4 Å². The van der Waals surface area contributed by atoms with E-state index in [1.54, 1.807) is 7.11 Å². The molecule has 2 atom stereocenters. The van der Waals surface area contributed by atoms with Crippen LogP contribution in [-0.2, 0) is 9.53 Å². The van der Waals surface area contributed by atoms with Crippen molar-refractivity contribution in [1.82, 2.24) is 15.5 Å². The lowest BCUT2D eigenvalue weighted by molar-refractivity contribution is -0.122. The van der Waals surface area contributed by atoms with Crippen LogP contribution in [0.25, 0.3) is 0 Å². The van der Waals surface area contributed by atoms with Gasteiger partial charge in [0.2, 0.25) is 5.91 Å². The molecule has 0 rings (SSSR count). The minimum atomic E-state index is -0.145. The summed E-state index contributed by atoms with van der Waals surface area (Å²) in [6, 6.07) is 0.438. The van der Waals surface area contributed by atoms with Crippen LogP contribution in [0.4, 0.5) is 0 Å². The average Bonchev–Trinajstić information content (AvgIpc) is 2.41. The molecular weight excluding hydrogens is 242 g/mol. The topological polar surface area (TPSA) is 53.6 Å². The number of hydrogen-bond donors (Lipinski definition) is 2. The van der Waals surface area contributed by atoms with Crippen LogP contribution in [0.5, 0.6) is 0 Å². The molecule has 0 aliphatic heterocycles. The van der Waals surface area contributed by atoms with Crippen molar-refractivity contribution in [3.63, 3.8) is 0 Å². The summed E-state index contributed by atoms with van der Waals surface area (Å²) >= 11 is 0. The molecule has 0 radical (unpaired) electrons. The van der Waals surface area contributed by atoms with Crippen LogP contribution < -0.4 is 10.6 Å². The molecule has 0 aliphatic carbocycles. The lowest BCUT2D eigenvalue weighted by Gasteiger charge is -2.24. The molecule has 19 heavy (non-hydrogen) atoms. The summed E-state index contributed by atoms with van der Waals surface area (Å²) < 4.78 is 4.94. The van der Waals surface area contributed by atoms with Gasteiger partial charge in [0.05, 0.1) is 6.04 Å². The van der Waals surface area contributed by atoms with Gasteiger partial charge in [-0.1, -0.05) is 6.92 Å². The van der Waals surface area contributed by atoms with Crippen LogP contribution in [0.2, 0.25) is 0 Å². The zero-order chi connectivity index (χ0) is 14.7. The molecule has 2 N–H and O–H groups in total. The van der Waals surface area contributed by atoms with E-state index in [4.69, 9.17) is 4.74 Å². The Hall–Kier alpha value is -0.650. The maximum Gasteiger partial charge on any atom is 0.236 e. The van der Waals surface area contributed by atoms with Gasteiger partial charge in [0.1, 0.15) is 0 Å². The van der Waals surface area contributed by atoms with Crippen molar-refractivity contribution >= 4 is 5.91 Å². The average molecular weight is 273 g/mol. The van der Waals surface area contributed by atoms with Gasteiger partial charge in [-0.2, -0.15) is 0 Å². The molecule has 0 aromatic carbocycles. The Balaban J connectivity index is 3.67. The molecule has 0 spiro atoms. The number of ether oxygens (including phenoxy) is 1. The van der Waals surface area contributed by atoms with Crippen molar-refractivity contribution < 1.29 is 9.53 Å². The van der Waals surface area contributed by atoms with Gasteiger partial charge < -0.3 is 20.3 Å². The van der Waals surface area contributed by atoms with Gasteiger partial charge in [-0.3, -0.25) is 4.79 Å². The number of amides is 1. The summed E-state index contributed by atoms with van der Waals surface area (Å²) in [7, 11) is 3.78. The molecule has 0 bridgehead atoms. The minimum absolute atomic E-state index is 0.0577. The molecular formula is C14H31N3O2. The molecule has 0 saturated carbocycles. The zero-order valence-corrected chi connectivity index (χ0v) is 13.2. The minimum Gasteiger partial charge on any atom is -0.385 e. The van der Waals surface area contributed by atoms with Crippen LogP contribution in [0, 0.1) is 0 Å². The third kappa shape index (κ3) is 8.97. The SMILES string of the molecule is CCC(C)N(C)CCNC(C)C(=O)NCCCOC. The van der Waals surface area contributed by atoms with E-state index in [0.717, 1.165) is 25.9 Å². The van der Waals surface area contributed by atoms with Crippen molar-refractivity contribution in [3.05, 3.63) is 0 Å². The smallest absolute Gasteiger partial charge is 0.236 e. The highest BCUT2D eigenvalue weighted by Crippen LogP contribution is 1.98. The summed E-state index contributed by atoms with van der Waals surface area (Å²) in [4.78, 5) is 14.0. The Bertz CT molecular complexity index is 237. The third-order valence-electron chi connectivity index (χ3n) is 3.48. The number of nitrogens with one attached hydrogen (secondary N) is 2. The van der Waals surface area contributed by atoms with Crippen molar-refractivity contribution in [2.45, 2.75) is 45.7 Å². The largest absolute Gasteiger partial charge is 0.385 e. The molecule has 114 valence electrons. The fourth-order valence-corrected chi connectivity index (χ4v) is 1.66. The van der Waals surface area contributed by atoms with Gasteiger partial charge in [-0.25, -0.2) is 0 Å². The van der Waals surface area contributed by atoms with Crippen LogP contribution in [0.3, 0.4) is 0 Å². The van der Waals surface area contributed by atoms with E-state index >= 15 is 0 Å². The van der Waals surface area contributed by atoms with Gasteiger partial charge >= 0.3 is 0 Å². The van der Waals surface area contributed by atoms with Gasteiger partial charge in [0.25, 0.3) is 0 Å². The normalized spacial score (nSPS) is 14.4. The van der Waals surface area contributed by atoms with E-state index in [1.807, 2.05) is 6.92 Å². The number of methoxy groups -OCH3 is 1. The van der Waals surface area contributed by atoms with Crippen molar-refractivity contribution in [1.29, 1.82) is 0 Å². The fraction of sp³-hybridized carbons (Fsp3) is 0.929. The lowest BCUT2D eigenvalue weighted by Crippen LogP contribution is -2.45. The Morgan fingerprint density at radius 1 is 1.32 bits per heavy atom. The van der Waals surface area contributed by atoms with Crippen molar-refractivity contribution in [2.24, 2.45) is 0 Å². The van der Waals surface area contributed by atoms with E-state index in [-0.39, 0.29) is 11.9 Å². The van der Waals surface area contributed by atoms with Crippen LogP contribution in [0.1, 0.15) is 33.6 Å². The quantitative estimate of drug-likeness (QED) is 0.548. The van der Waals surface area contributed by atoms with Gasteiger partial charge in [-0.05, 0) is 33.7 Å². The molecule has 0 heterocycles. The molecule has 2 unspecified atom stereocenters. The first-order valence-electron chi connectivity index (χ1n) is 7.23. The highest BCUT2D eigenvalue weighted by atomic mass is 16.5. The molecule has 1 amide bonds. The summed E-state index contributed by atoms with van der Waals surface area (Å²) in [6.07, 6.45) is 2.00. The van der Waals surface area contributed by atoms with Crippen molar-refractivity contribution in [2.75, 3.05) is 40.4 Å². The number of nitrogens with zero attached hydrogens (tertiary/aromatic N) is 1. The van der Waals surface area contributed by atoms with Gasteiger partial charge in [0.15, 0.2) is 0 Å². The Morgan fingerprint density at radius 3 is 2.58 bits per heavy atom. The Kier molecular flexibility index (Phi) is 10.8. The first-order valence-corrected chi connectivity index (χ1v) is 7.23. The Morgan fingerprint density at radius 2 is 2.00 bits per heavy atom. The van der Waals surface area contributed by atoms with Crippen molar-refractivity contribution in [3.8, 4) is 0 Å². The molecule has 0 saturated heterocycles. The second-order valence-corrected chi connectivity index (χ2v) is 5.05. The molecule has 0 aromatic heterocycles. The van der Waals surface area contributed by atoms with Gasteiger partial charge in [-0.15, -0.1) is 0 Å². The highest BCUT2D eigenvalue weighted by Gasteiger charge is 2.12. The van der Waals surface area contributed by atoms with E-state index < -0.39 is 0 Å². The zero-order valence-electron chi connectivity index (χ0n) is 13.2. The number of carbonyl (C=O) groups is 1. The molecule has 0 aliphatic rings. The number of hydrogen-bond acceptors (Lipinski definition) is 4. The molecule has 5 nitrogen and oxygen atoms in total. The first-order chi connectivity index (χ1) is 9.02. The highest BCUT2D eigenvalue weighted by molar-refractivity contribution is 5.81. The summed E-state index contributed by atoms with van der Waals surface area (Å²) in [5.41, 5.74) is 0. The maximum absolute atomic E-state index is 11.7. The summed E-state index contributed by atoms with van der Waals surface area (Å²) in [6.45, 7) is 9.43. The van der Waals surface area contributed by atoms with Crippen LogP contribution in [-0.4, -0.2) is 63.3 Å². The molecule has 0 aromatic rings. The second-order valence-electron chi connectivity index (χ2n) is 5.05. The standard InChI is InChI=1S/C14H31N3O2/c1-6-12(2)17(4)10-9-15-13(3)14(18)16-8-7-11-19-5/h12-13,15H,6-11H2,1-5H3,(H,16,18). The predicted octanol–water partition coefficient (Wildman–Crippen LogP) is 0.848.